The maximum Gasteiger partial charge on any atom is 0.317 e. The van der Waals surface area contributed by atoms with Crippen LogP contribution in [0.15, 0.2) is 72.8 Å². The summed E-state index contributed by atoms with van der Waals surface area (Å²) in [6, 6.07) is 21.9. The highest BCUT2D eigenvalue weighted by Gasteiger charge is 2.35. The fourth-order valence-electron chi connectivity index (χ4n) is 6.27. The fourth-order valence-corrected chi connectivity index (χ4v) is 6.27. The molecule has 0 spiro atoms. The first kappa shape index (κ1) is 29.7. The molecule has 2 fully saturated rings. The topological polar surface area (TPSA) is 87.6 Å². The molecule has 3 atom stereocenters. The van der Waals surface area contributed by atoms with Crippen LogP contribution in [0.5, 0.6) is 5.75 Å². The van der Waals surface area contributed by atoms with Crippen molar-refractivity contribution >= 4 is 11.9 Å². The molecule has 1 unspecified atom stereocenters. The Labute approximate surface area is 246 Å². The monoisotopic (exact) mass is 574 g/mol. The predicted molar refractivity (Wildman–Crippen MR) is 159 cm³/mol. The Morgan fingerprint density at radius 3 is 2.26 bits per heavy atom. The Bertz CT molecular complexity index is 1410. The van der Waals surface area contributed by atoms with Crippen LogP contribution in [0.2, 0.25) is 0 Å². The molecule has 3 aromatic carbocycles. The van der Waals surface area contributed by atoms with Gasteiger partial charge in [-0.05, 0) is 66.9 Å². The zero-order valence-electron chi connectivity index (χ0n) is 24.2. The summed E-state index contributed by atoms with van der Waals surface area (Å²) >= 11 is 0. The third-order valence-electron chi connectivity index (χ3n) is 8.42. The van der Waals surface area contributed by atoms with Crippen LogP contribution in [0.25, 0.3) is 0 Å². The lowest BCUT2D eigenvalue weighted by molar-refractivity contribution is -0.138. The molecule has 222 valence electrons. The van der Waals surface area contributed by atoms with Crippen molar-refractivity contribution in [3.05, 3.63) is 101 Å². The van der Waals surface area contributed by atoms with Gasteiger partial charge in [0.25, 0.3) is 5.91 Å². The maximum atomic E-state index is 13.8. The minimum atomic E-state index is -0.862. The molecule has 2 aliphatic rings. The third kappa shape index (κ3) is 6.98. The van der Waals surface area contributed by atoms with E-state index in [4.69, 9.17) is 5.11 Å². The van der Waals surface area contributed by atoms with E-state index in [-0.39, 0.29) is 42.1 Å². The lowest BCUT2D eigenvalue weighted by Gasteiger charge is -2.47. The quantitative estimate of drug-likeness (QED) is 0.420. The molecule has 5 rings (SSSR count). The molecule has 2 N–H and O–H groups in total. The summed E-state index contributed by atoms with van der Waals surface area (Å²) in [5.41, 5.74) is 3.45. The van der Waals surface area contributed by atoms with Gasteiger partial charge in [-0.1, -0.05) is 36.4 Å². The van der Waals surface area contributed by atoms with Gasteiger partial charge in [-0.3, -0.25) is 24.3 Å². The van der Waals surface area contributed by atoms with Crippen LogP contribution in [-0.2, 0) is 11.3 Å². The number of nitrogens with zero attached hydrogens (tertiary/aromatic N) is 4. The van der Waals surface area contributed by atoms with E-state index < -0.39 is 5.97 Å². The van der Waals surface area contributed by atoms with Crippen LogP contribution in [-0.4, -0.2) is 99.6 Å². The lowest BCUT2D eigenvalue weighted by atomic mass is 9.92. The first-order valence-corrected chi connectivity index (χ1v) is 14.5. The van der Waals surface area contributed by atoms with Crippen molar-refractivity contribution in [3.8, 4) is 5.75 Å². The van der Waals surface area contributed by atoms with Gasteiger partial charge in [0.1, 0.15) is 11.6 Å². The molecule has 2 heterocycles. The Balaban J connectivity index is 1.38. The summed E-state index contributed by atoms with van der Waals surface area (Å²) in [4.78, 5) is 33.0. The average Bonchev–Trinajstić information content (AvgIpc) is 2.96. The van der Waals surface area contributed by atoms with Gasteiger partial charge in [0.15, 0.2) is 0 Å². The van der Waals surface area contributed by atoms with Crippen LogP contribution < -0.4 is 0 Å². The number of rotatable bonds is 8. The zero-order valence-corrected chi connectivity index (χ0v) is 24.2. The highest BCUT2D eigenvalue weighted by molar-refractivity contribution is 5.94. The number of aromatic hydroxyl groups is 1. The first-order chi connectivity index (χ1) is 20.2. The van der Waals surface area contributed by atoms with Gasteiger partial charge in [0.05, 0.1) is 12.6 Å². The van der Waals surface area contributed by atoms with Gasteiger partial charge in [0.2, 0.25) is 0 Å². The summed E-state index contributed by atoms with van der Waals surface area (Å²) in [7, 11) is 0. The number of hydrogen-bond acceptors (Lipinski definition) is 6. The molecular formula is C33H39FN4O4. The average molecular weight is 575 g/mol. The Kier molecular flexibility index (Phi) is 9.21. The Hall–Kier alpha value is -3.79. The third-order valence-corrected chi connectivity index (χ3v) is 8.42. The maximum absolute atomic E-state index is 13.8. The first-order valence-electron chi connectivity index (χ1n) is 14.5. The van der Waals surface area contributed by atoms with Crippen molar-refractivity contribution < 1.29 is 24.2 Å². The number of carboxylic acid groups (broad SMARTS) is 1. The number of halogens is 1. The van der Waals surface area contributed by atoms with Crippen molar-refractivity contribution in [1.82, 2.24) is 19.6 Å². The summed E-state index contributed by atoms with van der Waals surface area (Å²) in [6.07, 6.45) is 0. The second-order valence-corrected chi connectivity index (χ2v) is 11.5. The van der Waals surface area contributed by atoms with E-state index in [1.54, 1.807) is 29.2 Å². The fraction of sp³-hybridized carbons (Fsp3) is 0.394. The summed E-state index contributed by atoms with van der Waals surface area (Å²) in [5, 5.41) is 19.5. The number of carboxylic acids is 1. The predicted octanol–water partition coefficient (Wildman–Crippen LogP) is 4.06. The second-order valence-electron chi connectivity index (χ2n) is 11.5. The number of aliphatic carboxylic acids is 1. The summed E-state index contributed by atoms with van der Waals surface area (Å²) < 4.78 is 13.8. The van der Waals surface area contributed by atoms with Gasteiger partial charge < -0.3 is 15.1 Å². The van der Waals surface area contributed by atoms with E-state index in [2.05, 4.69) is 23.6 Å². The molecule has 0 bridgehead atoms. The SMILES string of the molecule is C[C@@H]1CN(C(c2cccc(O)c2)c2cccc(C(=O)N3CCN(CC(=O)O)CC3)c2)[C@H](C)CN1Cc1cccc(F)c1. The lowest BCUT2D eigenvalue weighted by Crippen LogP contribution is -2.56. The van der Waals surface area contributed by atoms with E-state index in [1.807, 2.05) is 47.4 Å². The minimum absolute atomic E-state index is 0.0186. The number of amides is 1. The van der Waals surface area contributed by atoms with Gasteiger partial charge in [-0.2, -0.15) is 0 Å². The number of phenols is 1. The van der Waals surface area contributed by atoms with Crippen molar-refractivity contribution in [2.75, 3.05) is 45.8 Å². The summed E-state index contributed by atoms with van der Waals surface area (Å²) in [5.74, 6) is -0.969. The Morgan fingerprint density at radius 2 is 1.57 bits per heavy atom. The van der Waals surface area contributed by atoms with Crippen molar-refractivity contribution in [2.24, 2.45) is 0 Å². The van der Waals surface area contributed by atoms with Gasteiger partial charge >= 0.3 is 5.97 Å². The largest absolute Gasteiger partial charge is 0.508 e. The highest BCUT2D eigenvalue weighted by Crippen LogP contribution is 2.35. The minimum Gasteiger partial charge on any atom is -0.508 e. The van der Waals surface area contributed by atoms with Crippen LogP contribution in [0, 0.1) is 5.82 Å². The zero-order chi connectivity index (χ0) is 29.8. The number of carbonyl (C=O) groups is 2. The number of phenolic OH excluding ortho intramolecular Hbond substituents is 1. The molecular weight excluding hydrogens is 535 g/mol. The molecule has 0 radical (unpaired) electrons. The number of benzene rings is 3. The smallest absolute Gasteiger partial charge is 0.317 e. The molecule has 2 aliphatic heterocycles. The van der Waals surface area contributed by atoms with E-state index in [0.29, 0.717) is 38.3 Å². The van der Waals surface area contributed by atoms with E-state index >= 15 is 0 Å². The number of hydrogen-bond donors (Lipinski definition) is 2. The molecule has 3 aromatic rings. The summed E-state index contributed by atoms with van der Waals surface area (Å²) in [6.45, 7) is 8.56. The van der Waals surface area contributed by atoms with Gasteiger partial charge in [-0.15, -0.1) is 0 Å². The molecule has 42 heavy (non-hydrogen) atoms. The number of piperazine rings is 2. The van der Waals surface area contributed by atoms with Crippen LogP contribution in [0.1, 0.15) is 46.9 Å². The van der Waals surface area contributed by atoms with Gasteiger partial charge in [-0.25, -0.2) is 4.39 Å². The van der Waals surface area contributed by atoms with Crippen LogP contribution >= 0.6 is 0 Å². The van der Waals surface area contributed by atoms with Crippen molar-refractivity contribution in [1.29, 1.82) is 0 Å². The van der Waals surface area contributed by atoms with E-state index in [1.165, 1.54) is 6.07 Å². The standard InChI is InChI=1S/C33H39FN4O4/c1-23-20-38(24(2)19-37(23)21-25-6-3-10-29(34)16-25)32(27-8-5-11-30(39)18-27)26-7-4-9-28(17-26)33(42)36-14-12-35(13-15-36)22-31(40)41/h3-11,16-18,23-24,32,39H,12-15,19-22H2,1-2H3,(H,40,41)/t23-,24-,32?/m1/s1. The molecule has 0 aromatic heterocycles. The van der Waals surface area contributed by atoms with E-state index in [9.17, 15) is 19.1 Å². The molecule has 2 saturated heterocycles. The molecule has 0 aliphatic carbocycles. The van der Waals surface area contributed by atoms with Crippen LogP contribution in [0.4, 0.5) is 4.39 Å². The molecule has 9 heteroatoms. The molecule has 0 saturated carbocycles. The highest BCUT2D eigenvalue weighted by atomic mass is 19.1. The normalized spacial score (nSPS) is 21.3. The van der Waals surface area contributed by atoms with E-state index in [0.717, 1.165) is 29.8 Å². The Morgan fingerprint density at radius 1 is 0.881 bits per heavy atom. The number of carbonyl (C=O) groups excluding carboxylic acids is 1. The molecule has 1 amide bonds. The van der Waals surface area contributed by atoms with Crippen molar-refractivity contribution in [2.45, 2.75) is 38.5 Å². The second kappa shape index (κ2) is 13.0. The van der Waals surface area contributed by atoms with Crippen molar-refractivity contribution in [3.63, 3.8) is 0 Å². The van der Waals surface area contributed by atoms with Gasteiger partial charge in [0, 0.05) is 63.5 Å². The van der Waals surface area contributed by atoms with Crippen LogP contribution in [0.3, 0.4) is 0 Å². The molecule has 8 nitrogen and oxygen atoms in total.